The molecule has 0 aliphatic rings. The molecule has 0 aliphatic heterocycles. The van der Waals surface area contributed by atoms with Crippen molar-refractivity contribution >= 4 is 0 Å². The standard InChI is InChI=1S/C13H15N2O/c1-2-16-11-10-15-9-8-14-13(15)12-6-4-3-5-7-12/h3-9H,1-2,10-11H2. The van der Waals surface area contributed by atoms with E-state index in [-0.39, 0.29) is 0 Å². The molecule has 0 spiro atoms. The van der Waals surface area contributed by atoms with Crippen LogP contribution in [0.25, 0.3) is 11.4 Å². The number of hydrogen-bond acceptors (Lipinski definition) is 2. The SMILES string of the molecule is [CH2]COCCn1ccnc1-c1ccccc1. The van der Waals surface area contributed by atoms with Crippen molar-refractivity contribution in [3.05, 3.63) is 49.6 Å². The van der Waals surface area contributed by atoms with Crippen molar-refractivity contribution in [1.82, 2.24) is 9.55 Å². The molecular formula is C13H15N2O. The first-order valence-electron chi connectivity index (χ1n) is 5.35. The summed E-state index contributed by atoms with van der Waals surface area (Å²) in [7, 11) is 0. The Kier molecular flexibility index (Phi) is 3.72. The van der Waals surface area contributed by atoms with E-state index in [0.29, 0.717) is 13.2 Å². The zero-order valence-corrected chi connectivity index (χ0v) is 9.17. The van der Waals surface area contributed by atoms with Crippen LogP contribution < -0.4 is 0 Å². The van der Waals surface area contributed by atoms with Crippen LogP contribution in [0.4, 0.5) is 0 Å². The summed E-state index contributed by atoms with van der Waals surface area (Å²) in [6.07, 6.45) is 3.78. The van der Waals surface area contributed by atoms with Crippen LogP contribution in [0.15, 0.2) is 42.7 Å². The van der Waals surface area contributed by atoms with Crippen molar-refractivity contribution < 1.29 is 4.74 Å². The Bertz CT molecular complexity index is 423. The summed E-state index contributed by atoms with van der Waals surface area (Å²) in [5.74, 6) is 0.980. The molecule has 1 aromatic carbocycles. The molecule has 0 fully saturated rings. The first kappa shape index (κ1) is 10.9. The number of hydrogen-bond donors (Lipinski definition) is 0. The van der Waals surface area contributed by atoms with Gasteiger partial charge in [0.25, 0.3) is 0 Å². The Labute approximate surface area is 95.7 Å². The monoisotopic (exact) mass is 215 g/mol. The lowest BCUT2D eigenvalue weighted by Gasteiger charge is -2.07. The molecule has 16 heavy (non-hydrogen) atoms. The third-order valence-corrected chi connectivity index (χ3v) is 2.37. The maximum absolute atomic E-state index is 5.24. The molecule has 0 atom stereocenters. The van der Waals surface area contributed by atoms with Crippen LogP contribution in [0.1, 0.15) is 0 Å². The molecule has 0 N–H and O–H groups in total. The van der Waals surface area contributed by atoms with Crippen molar-refractivity contribution in [1.29, 1.82) is 0 Å². The van der Waals surface area contributed by atoms with E-state index in [1.54, 1.807) is 0 Å². The molecule has 83 valence electrons. The number of ether oxygens (including phenoxy) is 1. The van der Waals surface area contributed by atoms with E-state index in [9.17, 15) is 0 Å². The highest BCUT2D eigenvalue weighted by Gasteiger charge is 2.04. The smallest absolute Gasteiger partial charge is 0.139 e. The van der Waals surface area contributed by atoms with E-state index < -0.39 is 0 Å². The molecule has 0 saturated carbocycles. The van der Waals surface area contributed by atoms with Crippen LogP contribution in [0.2, 0.25) is 0 Å². The van der Waals surface area contributed by atoms with Crippen molar-refractivity contribution in [2.24, 2.45) is 0 Å². The number of benzene rings is 1. The van der Waals surface area contributed by atoms with Gasteiger partial charge in [-0.15, -0.1) is 0 Å². The van der Waals surface area contributed by atoms with Crippen molar-refractivity contribution in [2.75, 3.05) is 13.2 Å². The molecule has 2 rings (SSSR count). The number of imidazole rings is 1. The summed E-state index contributed by atoms with van der Waals surface area (Å²) in [5, 5.41) is 0. The van der Waals surface area contributed by atoms with Gasteiger partial charge in [-0.3, -0.25) is 0 Å². The van der Waals surface area contributed by atoms with Gasteiger partial charge in [-0.05, 0) is 6.92 Å². The van der Waals surface area contributed by atoms with Crippen molar-refractivity contribution in [2.45, 2.75) is 6.54 Å². The third-order valence-electron chi connectivity index (χ3n) is 2.37. The molecule has 3 nitrogen and oxygen atoms in total. The maximum Gasteiger partial charge on any atom is 0.139 e. The zero-order chi connectivity index (χ0) is 11.2. The molecule has 0 amide bonds. The molecule has 0 saturated heterocycles. The Balaban J connectivity index is 2.13. The zero-order valence-electron chi connectivity index (χ0n) is 9.17. The average molecular weight is 215 g/mol. The topological polar surface area (TPSA) is 27.1 Å². The van der Waals surface area contributed by atoms with Crippen molar-refractivity contribution in [3.63, 3.8) is 0 Å². The highest BCUT2D eigenvalue weighted by atomic mass is 16.5. The lowest BCUT2D eigenvalue weighted by molar-refractivity contribution is 0.152. The van der Waals surface area contributed by atoms with Crippen LogP contribution in [0.3, 0.4) is 0 Å². The minimum atomic E-state index is 0.509. The van der Waals surface area contributed by atoms with Gasteiger partial charge in [0, 0.05) is 31.1 Å². The van der Waals surface area contributed by atoms with Crippen LogP contribution in [0, 0.1) is 6.92 Å². The van der Waals surface area contributed by atoms with Gasteiger partial charge in [0.15, 0.2) is 0 Å². The molecule has 1 heterocycles. The minimum Gasteiger partial charge on any atom is -0.380 e. The van der Waals surface area contributed by atoms with Crippen LogP contribution in [-0.4, -0.2) is 22.8 Å². The Morgan fingerprint density at radius 3 is 2.81 bits per heavy atom. The number of aromatic nitrogens is 2. The fraction of sp³-hybridized carbons (Fsp3) is 0.231. The highest BCUT2D eigenvalue weighted by Crippen LogP contribution is 2.16. The Morgan fingerprint density at radius 2 is 2.06 bits per heavy atom. The highest BCUT2D eigenvalue weighted by molar-refractivity contribution is 5.54. The predicted molar refractivity (Wildman–Crippen MR) is 63.8 cm³/mol. The first-order chi connectivity index (χ1) is 7.92. The summed E-state index contributed by atoms with van der Waals surface area (Å²) < 4.78 is 7.33. The van der Waals surface area contributed by atoms with Gasteiger partial charge < -0.3 is 9.30 Å². The number of nitrogens with zero attached hydrogens (tertiary/aromatic N) is 2. The average Bonchev–Trinajstić information content (AvgIpc) is 2.79. The Morgan fingerprint density at radius 1 is 1.25 bits per heavy atom. The van der Waals surface area contributed by atoms with Crippen LogP contribution in [-0.2, 0) is 11.3 Å². The van der Waals surface area contributed by atoms with E-state index in [1.807, 2.05) is 30.6 Å². The maximum atomic E-state index is 5.24. The van der Waals surface area contributed by atoms with Crippen molar-refractivity contribution in [3.8, 4) is 11.4 Å². The first-order valence-corrected chi connectivity index (χ1v) is 5.35. The molecule has 1 aromatic heterocycles. The van der Waals surface area contributed by atoms with Gasteiger partial charge >= 0.3 is 0 Å². The predicted octanol–water partition coefficient (Wildman–Crippen LogP) is 2.40. The largest absolute Gasteiger partial charge is 0.380 e. The summed E-state index contributed by atoms with van der Waals surface area (Å²) in [6.45, 7) is 5.62. The molecule has 0 aliphatic carbocycles. The second-order valence-electron chi connectivity index (χ2n) is 3.42. The molecule has 1 radical (unpaired) electrons. The van der Waals surface area contributed by atoms with E-state index in [2.05, 4.69) is 28.6 Å². The summed E-state index contributed by atoms with van der Waals surface area (Å²) in [5.41, 5.74) is 1.13. The normalized spacial score (nSPS) is 10.6. The van der Waals surface area contributed by atoms with Crippen LogP contribution in [0.5, 0.6) is 0 Å². The van der Waals surface area contributed by atoms with E-state index in [0.717, 1.165) is 17.9 Å². The van der Waals surface area contributed by atoms with E-state index in [4.69, 9.17) is 4.74 Å². The fourth-order valence-electron chi connectivity index (χ4n) is 1.60. The number of rotatable bonds is 5. The second kappa shape index (κ2) is 5.47. The van der Waals surface area contributed by atoms with E-state index >= 15 is 0 Å². The van der Waals surface area contributed by atoms with Gasteiger partial charge in [-0.1, -0.05) is 30.3 Å². The summed E-state index contributed by atoms with van der Waals surface area (Å²) in [6, 6.07) is 10.1. The second-order valence-corrected chi connectivity index (χ2v) is 3.42. The van der Waals surface area contributed by atoms with E-state index in [1.165, 1.54) is 0 Å². The van der Waals surface area contributed by atoms with Gasteiger partial charge in [-0.25, -0.2) is 4.98 Å². The molecule has 0 unspecified atom stereocenters. The summed E-state index contributed by atoms with van der Waals surface area (Å²) >= 11 is 0. The minimum absolute atomic E-state index is 0.509. The molecule has 3 heteroatoms. The lowest BCUT2D eigenvalue weighted by atomic mass is 10.2. The molecule has 2 aromatic rings. The van der Waals surface area contributed by atoms with Crippen LogP contribution >= 0.6 is 0 Å². The molecule has 0 bridgehead atoms. The Hall–Kier alpha value is -1.61. The summed E-state index contributed by atoms with van der Waals surface area (Å²) in [4.78, 5) is 4.36. The van der Waals surface area contributed by atoms with Gasteiger partial charge in [0.05, 0.1) is 6.61 Å². The van der Waals surface area contributed by atoms with Gasteiger partial charge in [-0.2, -0.15) is 0 Å². The third kappa shape index (κ3) is 2.49. The lowest BCUT2D eigenvalue weighted by Crippen LogP contribution is -2.06. The fourth-order valence-corrected chi connectivity index (χ4v) is 1.60. The van der Waals surface area contributed by atoms with Gasteiger partial charge in [0.1, 0.15) is 5.82 Å². The molecular weight excluding hydrogens is 200 g/mol. The van der Waals surface area contributed by atoms with Gasteiger partial charge in [0.2, 0.25) is 0 Å². The quantitative estimate of drug-likeness (QED) is 0.716.